The number of guanidine groups is 1. The van der Waals surface area contributed by atoms with E-state index >= 15 is 0 Å². The first-order chi connectivity index (χ1) is 11.9. The highest BCUT2D eigenvalue weighted by molar-refractivity contribution is 14.0. The van der Waals surface area contributed by atoms with Gasteiger partial charge in [-0.05, 0) is 18.6 Å². The molecule has 0 fully saturated rings. The summed E-state index contributed by atoms with van der Waals surface area (Å²) in [4.78, 5) is 10.7. The number of benzene rings is 1. The van der Waals surface area contributed by atoms with Gasteiger partial charge in [0.05, 0.1) is 6.54 Å². The summed E-state index contributed by atoms with van der Waals surface area (Å²) in [5.41, 5.74) is 0.456. The molecule has 1 N–H and O–H groups in total. The van der Waals surface area contributed by atoms with Gasteiger partial charge in [-0.25, -0.2) is 13.8 Å². The lowest BCUT2D eigenvalue weighted by Crippen LogP contribution is -2.39. The minimum Gasteiger partial charge on any atom is -0.357 e. The molecule has 2 aromatic rings. The summed E-state index contributed by atoms with van der Waals surface area (Å²) in [5.74, 6) is 0.219. The highest BCUT2D eigenvalue weighted by Gasteiger charge is 2.14. The van der Waals surface area contributed by atoms with Gasteiger partial charge in [0.1, 0.15) is 23.8 Å². The smallest absolute Gasteiger partial charge is 0.194 e. The van der Waals surface area contributed by atoms with Crippen LogP contribution >= 0.6 is 24.0 Å². The maximum Gasteiger partial charge on any atom is 0.194 e. The predicted octanol–water partition coefficient (Wildman–Crippen LogP) is 2.91. The zero-order valence-corrected chi connectivity index (χ0v) is 17.7. The molecule has 0 spiro atoms. The highest BCUT2D eigenvalue weighted by Crippen LogP contribution is 2.20. The fourth-order valence-electron chi connectivity index (χ4n) is 2.44. The van der Waals surface area contributed by atoms with Gasteiger partial charge in [-0.15, -0.1) is 24.0 Å². The first-order valence-electron chi connectivity index (χ1n) is 8.19. The molecular formula is C17H25F2IN6. The lowest BCUT2D eigenvalue weighted by Gasteiger charge is -2.22. The zero-order valence-electron chi connectivity index (χ0n) is 15.4. The van der Waals surface area contributed by atoms with Crippen molar-refractivity contribution in [3.63, 3.8) is 0 Å². The van der Waals surface area contributed by atoms with Crippen LogP contribution in [0.25, 0.3) is 0 Å². The molecule has 0 aliphatic rings. The molecule has 1 heterocycles. The topological polar surface area (TPSA) is 58.3 Å². The Labute approximate surface area is 169 Å². The molecule has 9 heteroatoms. The largest absolute Gasteiger partial charge is 0.357 e. The van der Waals surface area contributed by atoms with Gasteiger partial charge in [0, 0.05) is 39.2 Å². The Hall–Kier alpha value is -1.78. The number of halogens is 3. The summed E-state index contributed by atoms with van der Waals surface area (Å²) in [6.07, 6.45) is 1.51. The van der Waals surface area contributed by atoms with E-state index in [9.17, 15) is 8.78 Å². The maximum atomic E-state index is 13.9. The first-order valence-corrected chi connectivity index (χ1v) is 8.19. The lowest BCUT2D eigenvalue weighted by molar-refractivity contribution is 0.447. The van der Waals surface area contributed by atoms with Crippen LogP contribution in [-0.4, -0.2) is 45.8 Å². The van der Waals surface area contributed by atoms with Crippen molar-refractivity contribution < 1.29 is 8.78 Å². The van der Waals surface area contributed by atoms with Crippen LogP contribution in [0.2, 0.25) is 0 Å². The molecule has 6 nitrogen and oxygen atoms in total. The third kappa shape index (κ3) is 5.89. The van der Waals surface area contributed by atoms with E-state index in [1.807, 2.05) is 32.8 Å². The van der Waals surface area contributed by atoms with Crippen molar-refractivity contribution in [3.8, 4) is 0 Å². The summed E-state index contributed by atoms with van der Waals surface area (Å²) in [6, 6.07) is 3.64. The maximum absolute atomic E-state index is 13.9. The quantitative estimate of drug-likeness (QED) is 0.394. The average molecular weight is 478 g/mol. The van der Waals surface area contributed by atoms with Crippen molar-refractivity contribution in [2.45, 2.75) is 26.3 Å². The molecule has 1 aromatic heterocycles. The molecule has 1 atom stereocenters. The van der Waals surface area contributed by atoms with E-state index in [1.165, 1.54) is 18.5 Å². The van der Waals surface area contributed by atoms with Gasteiger partial charge in [0.25, 0.3) is 0 Å². The number of nitrogens with zero attached hydrogens (tertiary/aromatic N) is 5. The Kier molecular flexibility index (Phi) is 8.89. The molecule has 144 valence electrons. The molecule has 2 rings (SSSR count). The number of hydrogen-bond acceptors (Lipinski definition) is 3. The van der Waals surface area contributed by atoms with Crippen molar-refractivity contribution in [1.29, 1.82) is 0 Å². The Morgan fingerprint density at radius 1 is 1.38 bits per heavy atom. The molecule has 0 aliphatic carbocycles. The van der Waals surface area contributed by atoms with Crippen LogP contribution in [-0.2, 0) is 13.6 Å². The van der Waals surface area contributed by atoms with E-state index in [0.29, 0.717) is 31.2 Å². The standard InChI is InChI=1S/C17H24F2N6.HI/c1-5-20-17(24(3)10-16-22-11-23-25(16)4)21-9-12(2)14-7-6-13(18)8-15(14)19;/h6-8,11-12H,5,9-10H2,1-4H3,(H,20,21);1H. The van der Waals surface area contributed by atoms with E-state index in [2.05, 4.69) is 20.4 Å². The second-order valence-electron chi connectivity index (χ2n) is 5.92. The number of nitrogens with one attached hydrogen (secondary N) is 1. The van der Waals surface area contributed by atoms with Crippen LogP contribution in [0.15, 0.2) is 29.5 Å². The number of aromatic nitrogens is 3. The van der Waals surface area contributed by atoms with E-state index < -0.39 is 11.6 Å². The Balaban J connectivity index is 0.00000338. The fourth-order valence-corrected chi connectivity index (χ4v) is 2.44. The van der Waals surface area contributed by atoms with Crippen molar-refractivity contribution in [2.75, 3.05) is 20.1 Å². The zero-order chi connectivity index (χ0) is 18.4. The van der Waals surface area contributed by atoms with Crippen LogP contribution in [0, 0.1) is 11.6 Å². The second-order valence-corrected chi connectivity index (χ2v) is 5.92. The third-order valence-corrected chi connectivity index (χ3v) is 3.89. The van der Waals surface area contributed by atoms with Gasteiger partial charge < -0.3 is 10.2 Å². The lowest BCUT2D eigenvalue weighted by atomic mass is 10.0. The monoisotopic (exact) mass is 478 g/mol. The minimum atomic E-state index is -0.575. The van der Waals surface area contributed by atoms with Gasteiger partial charge in [-0.3, -0.25) is 9.67 Å². The van der Waals surface area contributed by atoms with E-state index in [1.54, 1.807) is 4.68 Å². The van der Waals surface area contributed by atoms with Crippen molar-refractivity contribution in [2.24, 2.45) is 12.0 Å². The summed E-state index contributed by atoms with van der Waals surface area (Å²) in [7, 11) is 3.74. The van der Waals surface area contributed by atoms with Crippen molar-refractivity contribution in [1.82, 2.24) is 25.0 Å². The van der Waals surface area contributed by atoms with Gasteiger partial charge in [0.15, 0.2) is 5.96 Å². The van der Waals surface area contributed by atoms with Crippen LogP contribution < -0.4 is 5.32 Å². The Morgan fingerprint density at radius 3 is 2.69 bits per heavy atom. The summed E-state index contributed by atoms with van der Waals surface area (Å²) >= 11 is 0. The number of aliphatic imine (C=N–C) groups is 1. The molecular weight excluding hydrogens is 453 g/mol. The molecule has 0 bridgehead atoms. The fraction of sp³-hybridized carbons (Fsp3) is 0.471. The van der Waals surface area contributed by atoms with Crippen LogP contribution in [0.4, 0.5) is 8.78 Å². The molecule has 0 radical (unpaired) electrons. The van der Waals surface area contributed by atoms with Crippen LogP contribution in [0.5, 0.6) is 0 Å². The molecule has 0 aliphatic heterocycles. The van der Waals surface area contributed by atoms with Crippen molar-refractivity contribution >= 4 is 29.9 Å². The van der Waals surface area contributed by atoms with Gasteiger partial charge >= 0.3 is 0 Å². The van der Waals surface area contributed by atoms with Crippen molar-refractivity contribution in [3.05, 3.63) is 47.5 Å². The van der Waals surface area contributed by atoms with Gasteiger partial charge in [0.2, 0.25) is 0 Å². The number of aryl methyl sites for hydroxylation is 1. The Morgan fingerprint density at radius 2 is 2.12 bits per heavy atom. The molecule has 0 saturated heterocycles. The molecule has 1 aromatic carbocycles. The van der Waals surface area contributed by atoms with Crippen LogP contribution in [0.1, 0.15) is 31.2 Å². The molecule has 0 saturated carbocycles. The second kappa shape index (κ2) is 10.4. The average Bonchev–Trinajstić information content (AvgIpc) is 2.96. The highest BCUT2D eigenvalue weighted by atomic mass is 127. The summed E-state index contributed by atoms with van der Waals surface area (Å²) in [5, 5.41) is 7.26. The number of rotatable bonds is 6. The van der Waals surface area contributed by atoms with Gasteiger partial charge in [-0.2, -0.15) is 5.10 Å². The van der Waals surface area contributed by atoms with Gasteiger partial charge in [-0.1, -0.05) is 13.0 Å². The normalized spacial score (nSPS) is 12.5. The minimum absolute atomic E-state index is 0. The SMILES string of the molecule is CCNC(=NCC(C)c1ccc(F)cc1F)N(C)Cc1ncnn1C.I. The summed E-state index contributed by atoms with van der Waals surface area (Å²) < 4.78 is 28.6. The predicted molar refractivity (Wildman–Crippen MR) is 109 cm³/mol. The van der Waals surface area contributed by atoms with E-state index in [-0.39, 0.29) is 29.9 Å². The first kappa shape index (κ1) is 22.3. The molecule has 26 heavy (non-hydrogen) atoms. The Bertz CT molecular complexity index is 734. The molecule has 1 unspecified atom stereocenters. The third-order valence-electron chi connectivity index (χ3n) is 3.89. The van der Waals surface area contributed by atoms with Crippen LogP contribution in [0.3, 0.4) is 0 Å². The summed E-state index contributed by atoms with van der Waals surface area (Å²) in [6.45, 7) is 5.48. The van der Waals surface area contributed by atoms with E-state index in [0.717, 1.165) is 11.9 Å². The number of hydrogen-bond donors (Lipinski definition) is 1. The molecule has 0 amide bonds. The van der Waals surface area contributed by atoms with E-state index in [4.69, 9.17) is 0 Å².